The van der Waals surface area contributed by atoms with Crippen LogP contribution in [0.5, 0.6) is 0 Å². The number of aromatic nitrogens is 1. The summed E-state index contributed by atoms with van der Waals surface area (Å²) >= 11 is 0. The van der Waals surface area contributed by atoms with Gasteiger partial charge in [0.05, 0.1) is 29.0 Å². The third kappa shape index (κ3) is 4.10. The van der Waals surface area contributed by atoms with Crippen LogP contribution in [0.3, 0.4) is 0 Å². The van der Waals surface area contributed by atoms with Crippen LogP contribution in [-0.2, 0) is 4.79 Å². The average molecular weight is 416 g/mol. The van der Waals surface area contributed by atoms with E-state index in [-0.39, 0.29) is 41.3 Å². The molecule has 0 radical (unpaired) electrons. The Kier molecular flexibility index (Phi) is 5.89. The van der Waals surface area contributed by atoms with Crippen LogP contribution in [0.15, 0.2) is 24.4 Å². The van der Waals surface area contributed by atoms with Gasteiger partial charge >= 0.3 is 0 Å². The third-order valence-electron chi connectivity index (χ3n) is 4.81. The monoisotopic (exact) mass is 415 g/mol. The predicted octanol–water partition coefficient (Wildman–Crippen LogP) is 2.35. The summed E-state index contributed by atoms with van der Waals surface area (Å²) in [6.07, 6.45) is 3.15. The van der Waals surface area contributed by atoms with E-state index in [0.717, 1.165) is 0 Å². The minimum atomic E-state index is -0.525. The molecule has 4 rings (SSSR count). The molecule has 2 aromatic rings. The smallest absolute Gasteiger partial charge is 0.256 e. The minimum Gasteiger partial charge on any atom is -0.392 e. The summed E-state index contributed by atoms with van der Waals surface area (Å²) < 4.78 is 14.6. The van der Waals surface area contributed by atoms with Crippen molar-refractivity contribution in [1.82, 2.24) is 10.3 Å². The molecule has 1 aromatic heterocycles. The fraction of sp³-hybridized carbons (Fsp3) is 0.238. The van der Waals surface area contributed by atoms with Gasteiger partial charge in [0.1, 0.15) is 5.82 Å². The molecule has 2 unspecified atom stereocenters. The van der Waals surface area contributed by atoms with Crippen LogP contribution < -0.4 is 10.6 Å². The number of carbonyl (C=O) groups is 2. The van der Waals surface area contributed by atoms with Crippen molar-refractivity contribution in [1.29, 1.82) is 0 Å². The minimum absolute atomic E-state index is 0. The van der Waals surface area contributed by atoms with Crippen molar-refractivity contribution in [2.24, 2.45) is 0 Å². The van der Waals surface area contributed by atoms with E-state index in [9.17, 15) is 19.1 Å². The number of rotatable bonds is 2. The first-order chi connectivity index (χ1) is 13.4. The molecule has 0 bridgehead atoms. The SMILES string of the molecule is CC(=O)c1c[nH]c(C=C2C(=O)Nc3ccc(F)c(C#CC4CC(O)CN4)c32)c1.Cl. The van der Waals surface area contributed by atoms with Crippen molar-refractivity contribution in [3.8, 4) is 11.8 Å². The van der Waals surface area contributed by atoms with E-state index in [1.807, 2.05) is 0 Å². The highest BCUT2D eigenvalue weighted by atomic mass is 35.5. The Balaban J connectivity index is 0.00000240. The average Bonchev–Trinajstić information content (AvgIpc) is 3.35. The Morgan fingerprint density at radius 3 is 2.83 bits per heavy atom. The first kappa shape index (κ1) is 20.8. The second-order valence-corrected chi connectivity index (χ2v) is 6.88. The molecule has 2 aliphatic rings. The standard InChI is InChI=1S/C21H18FN3O3.ClH/c1-11(26)12-6-14(23-9-12)8-17-20-16(3-2-13-7-15(27)10-24-13)18(22)4-5-19(20)25-21(17)28;/h4-6,8-9,13,15,23-24,27H,7,10H2,1H3,(H,25,28);1H. The number of hydrogen-bond acceptors (Lipinski definition) is 4. The van der Waals surface area contributed by atoms with Crippen molar-refractivity contribution in [2.45, 2.75) is 25.5 Å². The topological polar surface area (TPSA) is 94.2 Å². The zero-order valence-electron chi connectivity index (χ0n) is 15.5. The molecule has 2 atom stereocenters. The van der Waals surface area contributed by atoms with E-state index >= 15 is 0 Å². The zero-order chi connectivity index (χ0) is 19.8. The van der Waals surface area contributed by atoms with Crippen LogP contribution in [0.1, 0.15) is 40.5 Å². The van der Waals surface area contributed by atoms with Crippen LogP contribution in [0.25, 0.3) is 11.6 Å². The maximum absolute atomic E-state index is 14.6. The van der Waals surface area contributed by atoms with Crippen molar-refractivity contribution in [3.63, 3.8) is 0 Å². The van der Waals surface area contributed by atoms with Crippen LogP contribution in [0, 0.1) is 17.7 Å². The molecule has 6 nitrogen and oxygen atoms in total. The number of carbonyl (C=O) groups excluding carboxylic acids is 2. The Bertz CT molecular complexity index is 1080. The zero-order valence-corrected chi connectivity index (χ0v) is 16.3. The number of H-pyrrole nitrogens is 1. The lowest BCUT2D eigenvalue weighted by atomic mass is 9.98. The molecule has 1 amide bonds. The Labute approximate surface area is 173 Å². The van der Waals surface area contributed by atoms with Gasteiger partial charge in [-0.3, -0.25) is 9.59 Å². The molecule has 0 saturated carbocycles. The number of aliphatic hydroxyl groups is 1. The van der Waals surface area contributed by atoms with Gasteiger partial charge in [-0.2, -0.15) is 0 Å². The number of amides is 1. The number of aliphatic hydroxyl groups excluding tert-OH is 1. The maximum atomic E-state index is 14.6. The molecule has 150 valence electrons. The van der Waals surface area contributed by atoms with Crippen LogP contribution in [-0.4, -0.2) is 40.5 Å². The number of hydrogen-bond donors (Lipinski definition) is 4. The van der Waals surface area contributed by atoms with Gasteiger partial charge in [-0.25, -0.2) is 4.39 Å². The quantitative estimate of drug-likeness (QED) is 0.344. The van der Waals surface area contributed by atoms with Gasteiger partial charge in [-0.05, 0) is 31.2 Å². The highest BCUT2D eigenvalue weighted by Crippen LogP contribution is 2.36. The summed E-state index contributed by atoms with van der Waals surface area (Å²) in [5.41, 5.74) is 2.34. The van der Waals surface area contributed by atoms with Gasteiger partial charge in [-0.15, -0.1) is 12.4 Å². The summed E-state index contributed by atoms with van der Waals surface area (Å²) in [5.74, 6) is 4.79. The first-order valence-corrected chi connectivity index (χ1v) is 8.90. The second kappa shape index (κ2) is 8.21. The predicted molar refractivity (Wildman–Crippen MR) is 110 cm³/mol. The molecule has 0 spiro atoms. The summed E-state index contributed by atoms with van der Waals surface area (Å²) in [6.45, 7) is 1.90. The number of aromatic amines is 1. The molecule has 3 heterocycles. The number of Topliss-reactive ketones (excluding diaryl/α,β-unsaturated/α-hetero) is 1. The Morgan fingerprint density at radius 2 is 2.17 bits per heavy atom. The van der Waals surface area contributed by atoms with E-state index in [1.165, 1.54) is 19.1 Å². The van der Waals surface area contributed by atoms with Crippen molar-refractivity contribution >= 4 is 41.4 Å². The highest BCUT2D eigenvalue weighted by Gasteiger charge is 2.29. The van der Waals surface area contributed by atoms with Crippen molar-refractivity contribution in [3.05, 3.63) is 52.6 Å². The summed E-state index contributed by atoms with van der Waals surface area (Å²) in [5, 5.41) is 15.4. The maximum Gasteiger partial charge on any atom is 0.256 e. The van der Waals surface area contributed by atoms with Gasteiger partial charge in [0.15, 0.2) is 5.78 Å². The fourth-order valence-corrected chi connectivity index (χ4v) is 3.36. The number of anilines is 1. The fourth-order valence-electron chi connectivity index (χ4n) is 3.36. The lowest BCUT2D eigenvalue weighted by Crippen LogP contribution is -2.19. The molecular formula is C21H19ClFN3O3. The number of nitrogens with one attached hydrogen (secondary N) is 3. The van der Waals surface area contributed by atoms with Gasteiger partial charge in [0.25, 0.3) is 5.91 Å². The van der Waals surface area contributed by atoms with E-state index in [1.54, 1.807) is 18.3 Å². The first-order valence-electron chi connectivity index (χ1n) is 8.90. The summed E-state index contributed by atoms with van der Waals surface area (Å²) in [4.78, 5) is 26.9. The third-order valence-corrected chi connectivity index (χ3v) is 4.81. The number of halogens is 2. The molecule has 1 saturated heterocycles. The van der Waals surface area contributed by atoms with E-state index in [4.69, 9.17) is 0 Å². The molecule has 1 aromatic carbocycles. The Hall–Kier alpha value is -2.92. The van der Waals surface area contributed by atoms with Crippen LogP contribution in [0.4, 0.5) is 10.1 Å². The number of benzene rings is 1. The van der Waals surface area contributed by atoms with E-state index in [0.29, 0.717) is 35.5 Å². The molecule has 4 N–H and O–H groups in total. The molecule has 29 heavy (non-hydrogen) atoms. The molecular weight excluding hydrogens is 397 g/mol. The number of ketones is 1. The van der Waals surface area contributed by atoms with E-state index < -0.39 is 11.9 Å². The summed E-state index contributed by atoms with van der Waals surface area (Å²) in [7, 11) is 0. The summed E-state index contributed by atoms with van der Waals surface area (Å²) in [6, 6.07) is 4.17. The van der Waals surface area contributed by atoms with Gasteiger partial charge in [-0.1, -0.05) is 11.8 Å². The van der Waals surface area contributed by atoms with E-state index in [2.05, 4.69) is 27.5 Å². The van der Waals surface area contributed by atoms with Gasteiger partial charge < -0.3 is 20.7 Å². The van der Waals surface area contributed by atoms with Crippen molar-refractivity contribution in [2.75, 3.05) is 11.9 Å². The molecule has 0 aliphatic carbocycles. The van der Waals surface area contributed by atoms with Crippen LogP contribution >= 0.6 is 12.4 Å². The van der Waals surface area contributed by atoms with Gasteiger partial charge in [0, 0.05) is 36.0 Å². The van der Waals surface area contributed by atoms with Crippen LogP contribution in [0.2, 0.25) is 0 Å². The largest absolute Gasteiger partial charge is 0.392 e. The lowest BCUT2D eigenvalue weighted by Gasteiger charge is -2.05. The molecule has 8 heteroatoms. The second-order valence-electron chi connectivity index (χ2n) is 6.88. The van der Waals surface area contributed by atoms with Crippen molar-refractivity contribution < 1.29 is 19.1 Å². The Morgan fingerprint density at radius 1 is 1.38 bits per heavy atom. The number of fused-ring (bicyclic) bond motifs is 1. The number of β-amino-alcohol motifs (C(OH)–C–C–N with tert-alkyl or cyclic N) is 1. The van der Waals surface area contributed by atoms with Gasteiger partial charge in [0.2, 0.25) is 0 Å². The molecule has 1 fully saturated rings. The highest BCUT2D eigenvalue weighted by molar-refractivity contribution is 6.35. The normalized spacial score (nSPS) is 21.2. The lowest BCUT2D eigenvalue weighted by molar-refractivity contribution is -0.110. The molecule has 2 aliphatic heterocycles.